The monoisotopic (exact) mass is 1430 g/mol. The molecule has 11 nitrogen and oxygen atoms in total. The van der Waals surface area contributed by atoms with Crippen LogP contribution in [-0.2, 0) is 0 Å². The van der Waals surface area contributed by atoms with Crippen LogP contribution in [0.3, 0.4) is 0 Å². The Morgan fingerprint density at radius 3 is 1.31 bits per heavy atom. The average Bonchev–Trinajstić information content (AvgIpc) is 1.36. The molecule has 2 aliphatic rings. The Hall–Kier alpha value is -11.2. The minimum absolute atomic E-state index is 0.0896. The van der Waals surface area contributed by atoms with Gasteiger partial charge in [0, 0.05) is 61.4 Å². The number of alkyl halides is 1. The van der Waals surface area contributed by atoms with Crippen LogP contribution in [0.25, 0.3) is 56.3 Å². The molecule has 2 aliphatic heterocycles. The lowest BCUT2D eigenvalue weighted by Gasteiger charge is -2.32. The van der Waals surface area contributed by atoms with Crippen LogP contribution in [0, 0.1) is 0 Å². The molecule has 1 atom stereocenters. The molecule has 0 spiro atoms. The first-order valence-corrected chi connectivity index (χ1v) is 33.1. The Labute approximate surface area is 575 Å². The van der Waals surface area contributed by atoms with Crippen molar-refractivity contribution in [1.82, 2.24) is 23.8 Å². The quantitative estimate of drug-likeness (QED) is 0.113. The van der Waals surface area contributed by atoms with Gasteiger partial charge in [-0.25, -0.2) is 15.0 Å². The van der Waals surface area contributed by atoms with Gasteiger partial charge in [0.15, 0.2) is 28.8 Å². The van der Waals surface area contributed by atoms with Gasteiger partial charge in [-0.3, -0.25) is 13.6 Å². The predicted molar refractivity (Wildman–Crippen MR) is 396 cm³/mol. The number of pyridine rings is 3. The second kappa shape index (κ2) is 29.6. The van der Waals surface area contributed by atoms with E-state index in [9.17, 15) is 4.79 Å². The van der Waals surface area contributed by atoms with Crippen molar-refractivity contribution >= 4 is 99.1 Å². The van der Waals surface area contributed by atoms with E-state index in [1.54, 1.807) is 12.3 Å². The lowest BCUT2D eigenvalue weighted by atomic mass is 10.0. The van der Waals surface area contributed by atoms with Gasteiger partial charge in [-0.2, -0.15) is 0 Å². The fraction of sp³-hybridized carbons (Fsp3) is 0.0123. The third kappa shape index (κ3) is 14.6. The Morgan fingerprint density at radius 2 is 0.821 bits per heavy atom. The fourth-order valence-corrected chi connectivity index (χ4v) is 12.3. The number of nitrogen functional groups attached to an aromatic ring is 1. The number of hydrogen-bond donors (Lipinski definition) is 2. The predicted octanol–water partition coefficient (Wildman–Crippen LogP) is 22.6. The van der Waals surface area contributed by atoms with Crippen molar-refractivity contribution in [2.75, 3.05) is 16.0 Å². The molecule has 0 aliphatic carbocycles. The smallest absolute Gasteiger partial charge is 0.180 e. The minimum atomic E-state index is -0.268. The number of aromatic nitrogens is 5. The number of carbonyl (C=O) groups is 1. The van der Waals surface area contributed by atoms with E-state index in [0.29, 0.717) is 5.82 Å². The van der Waals surface area contributed by atoms with Crippen molar-refractivity contribution in [2.24, 2.45) is 0 Å². The number of hydrogen-bond acceptors (Lipinski definition) is 9. The van der Waals surface area contributed by atoms with Crippen molar-refractivity contribution < 1.29 is 14.3 Å². The molecule has 5 aromatic heterocycles. The number of halogens is 3. The topological polar surface area (TPSA) is 124 Å². The first-order chi connectivity index (χ1) is 46.7. The Bertz CT molecular complexity index is 4930. The van der Waals surface area contributed by atoms with E-state index in [2.05, 4.69) is 193 Å². The van der Waals surface area contributed by atoms with Crippen molar-refractivity contribution in [2.45, 2.75) is 4.83 Å². The van der Waals surface area contributed by atoms with Gasteiger partial charge in [0.25, 0.3) is 0 Å². The normalized spacial score (nSPS) is 11.6. The van der Waals surface area contributed by atoms with E-state index in [1.807, 2.05) is 200 Å². The second-order valence-corrected chi connectivity index (χ2v) is 24.5. The molecule has 10 aromatic carbocycles. The highest BCUT2D eigenvalue weighted by Crippen LogP contribution is 2.51. The molecule has 0 amide bonds. The van der Waals surface area contributed by atoms with E-state index in [0.717, 1.165) is 128 Å². The number of nitrogens with zero attached hydrogens (tertiary/aromatic N) is 6. The SMILES string of the molecule is Brc1ccn2c(-c3ccccc3)c(-c3ccccc3)nc2c1.Nc1cc(Br)ccn1.O=C(c1ccccc1)C(Br)c1ccccc1.c1ccc(-c2nc3cc(N4c5ccccc5Oc5ccccc54)ccn3c2-c2ccccc2)cc1.c1ccc2c(c1)Nc1ccccc1O2. The van der Waals surface area contributed by atoms with Gasteiger partial charge in [-0.1, -0.05) is 278 Å². The molecule has 3 N–H and O–H groups in total. The zero-order valence-corrected chi connectivity index (χ0v) is 55.7. The van der Waals surface area contributed by atoms with E-state index in [-0.39, 0.29) is 10.6 Å². The molecule has 462 valence electrons. The lowest BCUT2D eigenvalue weighted by Crippen LogP contribution is -2.15. The molecule has 14 heteroatoms. The number of carbonyl (C=O) groups excluding carboxylic acids is 1. The second-order valence-electron chi connectivity index (χ2n) is 21.8. The van der Waals surface area contributed by atoms with Crippen LogP contribution in [0.15, 0.2) is 343 Å². The minimum Gasteiger partial charge on any atom is -0.453 e. The van der Waals surface area contributed by atoms with Gasteiger partial charge in [0.1, 0.15) is 21.9 Å². The molecular weight excluding hydrogens is 1370 g/mol. The maximum absolute atomic E-state index is 12.1. The fourth-order valence-electron chi connectivity index (χ4n) is 11.0. The zero-order valence-electron chi connectivity index (χ0n) is 51.0. The third-order valence-electron chi connectivity index (χ3n) is 15.5. The number of rotatable bonds is 8. The number of ketones is 1. The zero-order chi connectivity index (χ0) is 64.9. The Balaban J connectivity index is 0.000000117. The number of nitrogens with two attached hydrogens (primary N) is 1. The number of Topliss-reactive ketones (excluding diaryl/α,β-unsaturated/α-hetero) is 1. The molecule has 0 bridgehead atoms. The first-order valence-electron chi connectivity index (χ1n) is 30.6. The maximum atomic E-state index is 12.1. The van der Waals surface area contributed by atoms with Crippen molar-refractivity contribution in [1.29, 1.82) is 0 Å². The number of imidazole rings is 2. The van der Waals surface area contributed by atoms with Crippen LogP contribution in [0.2, 0.25) is 0 Å². The summed E-state index contributed by atoms with van der Waals surface area (Å²) in [5.74, 6) is 4.07. The largest absolute Gasteiger partial charge is 0.453 e. The molecule has 15 aromatic rings. The summed E-state index contributed by atoms with van der Waals surface area (Å²) in [6, 6.07) is 105. The standard InChI is InChI=1S/C31H21N3O.C19H13BrN2.C14H11BrO.C12H9NO.C5H5BrN2/c1-3-11-22(12-4-1)30-31(23-13-5-2-6-14-23)33-20-19-24(21-29(33)32-30)34-25-15-7-9-17-27(25)35-28-18-10-8-16-26(28)34;20-16-11-12-22-17(13-16)21-18(14-7-3-1-4-8-14)19(22)15-9-5-2-6-10-15;15-13(11-7-3-1-4-8-11)14(16)12-9-5-2-6-10-12;1-3-7-11-9(5-1)13-10-6-2-4-8-12(10)14-11;6-4-1-2-8-5(7)3-4/h1-21H;1-13H;1-10,13H;1-8,13H;1-3H,(H2,7,8). The summed E-state index contributed by atoms with van der Waals surface area (Å²) in [5, 5.41) is 3.32. The third-order valence-corrected chi connectivity index (χ3v) is 17.4. The van der Waals surface area contributed by atoms with E-state index >= 15 is 0 Å². The van der Waals surface area contributed by atoms with Gasteiger partial charge < -0.3 is 25.4 Å². The summed E-state index contributed by atoms with van der Waals surface area (Å²) < 4.78 is 18.2. The Kier molecular flexibility index (Phi) is 19.5. The molecule has 17 rings (SSSR count). The molecule has 0 fully saturated rings. The van der Waals surface area contributed by atoms with Gasteiger partial charge in [-0.05, 0) is 84.4 Å². The van der Waals surface area contributed by atoms with Crippen LogP contribution in [0.4, 0.5) is 34.3 Å². The van der Waals surface area contributed by atoms with Crippen LogP contribution < -0.4 is 25.4 Å². The summed E-state index contributed by atoms with van der Waals surface area (Å²) in [5.41, 5.74) is 22.6. The highest BCUT2D eigenvalue weighted by molar-refractivity contribution is 9.10. The molecule has 95 heavy (non-hydrogen) atoms. The van der Waals surface area contributed by atoms with Crippen LogP contribution in [-0.4, -0.2) is 29.5 Å². The van der Waals surface area contributed by atoms with Gasteiger partial charge in [0.05, 0.1) is 51.2 Å². The van der Waals surface area contributed by atoms with Crippen LogP contribution in [0.1, 0.15) is 20.7 Å². The molecule has 0 radical (unpaired) electrons. The van der Waals surface area contributed by atoms with Gasteiger partial charge >= 0.3 is 0 Å². The number of nitrogens with one attached hydrogen (secondary N) is 1. The summed E-state index contributed by atoms with van der Waals surface area (Å²) in [4.78, 5) is 27.8. The van der Waals surface area contributed by atoms with Crippen molar-refractivity contribution in [3.05, 3.63) is 354 Å². The van der Waals surface area contributed by atoms with Crippen molar-refractivity contribution in [3.63, 3.8) is 0 Å². The van der Waals surface area contributed by atoms with E-state index in [1.165, 1.54) is 0 Å². The number of benzene rings is 10. The van der Waals surface area contributed by atoms with Crippen LogP contribution >= 0.6 is 47.8 Å². The average molecular weight is 1430 g/mol. The molecule has 7 heterocycles. The summed E-state index contributed by atoms with van der Waals surface area (Å²) in [6.07, 6.45) is 5.83. The summed E-state index contributed by atoms with van der Waals surface area (Å²) in [7, 11) is 0. The lowest BCUT2D eigenvalue weighted by molar-refractivity contribution is 0.0991. The highest BCUT2D eigenvalue weighted by atomic mass is 79.9. The molecule has 0 saturated heterocycles. The van der Waals surface area contributed by atoms with E-state index < -0.39 is 0 Å². The number of para-hydroxylation sites is 8. The molecule has 0 saturated carbocycles. The highest BCUT2D eigenvalue weighted by Gasteiger charge is 2.27. The van der Waals surface area contributed by atoms with Crippen molar-refractivity contribution in [3.8, 4) is 68.0 Å². The molecule has 1 unspecified atom stereocenters. The van der Waals surface area contributed by atoms with Gasteiger partial charge in [0.2, 0.25) is 0 Å². The maximum Gasteiger partial charge on any atom is 0.180 e. The number of fused-ring (bicyclic) bond motifs is 6. The summed E-state index contributed by atoms with van der Waals surface area (Å²) in [6.45, 7) is 0. The van der Waals surface area contributed by atoms with Gasteiger partial charge in [-0.15, -0.1) is 0 Å². The summed E-state index contributed by atoms with van der Waals surface area (Å²) >= 11 is 10.2. The number of anilines is 6. The first kappa shape index (κ1) is 62.6. The molecular formula is C81H59Br3N8O3. The van der Waals surface area contributed by atoms with E-state index in [4.69, 9.17) is 25.2 Å². The number of ether oxygens (including phenoxy) is 2. The Morgan fingerprint density at radius 1 is 0.421 bits per heavy atom. The van der Waals surface area contributed by atoms with Crippen LogP contribution in [0.5, 0.6) is 23.0 Å².